The van der Waals surface area contributed by atoms with Crippen LogP contribution in [0.5, 0.6) is 5.75 Å². The van der Waals surface area contributed by atoms with E-state index >= 15 is 0 Å². The summed E-state index contributed by atoms with van der Waals surface area (Å²) in [5.74, 6) is 0.445. The molecule has 0 spiro atoms. The lowest BCUT2D eigenvalue weighted by molar-refractivity contribution is 0.143. The van der Waals surface area contributed by atoms with Crippen LogP contribution in [-0.4, -0.2) is 27.0 Å². The van der Waals surface area contributed by atoms with Crippen LogP contribution >= 0.6 is 11.8 Å². The SMILES string of the molecule is CCSc1ncc(OC(=O)O)c(=O)[nH]1. The molecule has 1 aromatic rings. The Labute approximate surface area is 83.3 Å². The van der Waals surface area contributed by atoms with Crippen LogP contribution in [0.1, 0.15) is 6.92 Å². The van der Waals surface area contributed by atoms with Crippen LogP contribution < -0.4 is 10.3 Å². The smallest absolute Gasteiger partial charge is 0.449 e. The van der Waals surface area contributed by atoms with Gasteiger partial charge >= 0.3 is 6.16 Å². The van der Waals surface area contributed by atoms with Gasteiger partial charge in [-0.25, -0.2) is 9.78 Å². The lowest BCUT2D eigenvalue weighted by Crippen LogP contribution is -2.15. The van der Waals surface area contributed by atoms with Gasteiger partial charge in [0.25, 0.3) is 5.56 Å². The van der Waals surface area contributed by atoms with Gasteiger partial charge in [0.2, 0.25) is 5.75 Å². The highest BCUT2D eigenvalue weighted by Gasteiger charge is 2.07. The quantitative estimate of drug-likeness (QED) is 0.443. The molecule has 0 aliphatic rings. The molecule has 0 aliphatic heterocycles. The summed E-state index contributed by atoms with van der Waals surface area (Å²) < 4.78 is 4.18. The van der Waals surface area contributed by atoms with Crippen molar-refractivity contribution in [3.8, 4) is 5.75 Å². The van der Waals surface area contributed by atoms with E-state index in [-0.39, 0.29) is 5.75 Å². The van der Waals surface area contributed by atoms with Gasteiger partial charge in [0, 0.05) is 0 Å². The first-order chi connectivity index (χ1) is 6.63. The van der Waals surface area contributed by atoms with E-state index in [1.807, 2.05) is 6.92 Å². The number of ether oxygens (including phenoxy) is 1. The predicted octanol–water partition coefficient (Wildman–Crippen LogP) is 0.939. The van der Waals surface area contributed by atoms with Crippen LogP contribution in [0.15, 0.2) is 16.1 Å². The van der Waals surface area contributed by atoms with Crippen LogP contribution in [0.2, 0.25) is 0 Å². The molecule has 0 saturated carbocycles. The maximum Gasteiger partial charge on any atom is 0.511 e. The van der Waals surface area contributed by atoms with E-state index in [1.54, 1.807) is 0 Å². The Morgan fingerprint density at radius 3 is 3.00 bits per heavy atom. The molecule has 0 amide bonds. The van der Waals surface area contributed by atoms with Gasteiger partial charge in [-0.15, -0.1) is 0 Å². The number of carbonyl (C=O) groups is 1. The summed E-state index contributed by atoms with van der Waals surface area (Å²) in [5, 5.41) is 8.70. The summed E-state index contributed by atoms with van der Waals surface area (Å²) in [6, 6.07) is 0. The number of rotatable bonds is 3. The van der Waals surface area contributed by atoms with Gasteiger partial charge in [0.15, 0.2) is 5.16 Å². The molecule has 0 saturated heterocycles. The molecule has 1 rings (SSSR count). The second-order valence-electron chi connectivity index (χ2n) is 2.18. The molecule has 14 heavy (non-hydrogen) atoms. The largest absolute Gasteiger partial charge is 0.511 e. The zero-order valence-electron chi connectivity index (χ0n) is 7.31. The van der Waals surface area contributed by atoms with E-state index in [0.29, 0.717) is 5.16 Å². The number of thioether (sulfide) groups is 1. The molecular weight excluding hydrogens is 208 g/mol. The molecule has 0 bridgehead atoms. The van der Waals surface area contributed by atoms with Gasteiger partial charge < -0.3 is 9.84 Å². The first-order valence-corrected chi connectivity index (χ1v) is 4.75. The minimum Gasteiger partial charge on any atom is -0.449 e. The monoisotopic (exact) mass is 216 g/mol. The fraction of sp³-hybridized carbons (Fsp3) is 0.286. The molecule has 6 nitrogen and oxygen atoms in total. The van der Waals surface area contributed by atoms with Gasteiger partial charge in [0.05, 0.1) is 6.20 Å². The van der Waals surface area contributed by atoms with Gasteiger partial charge in [-0.05, 0) is 5.75 Å². The number of nitrogens with zero attached hydrogens (tertiary/aromatic N) is 1. The second-order valence-corrected chi connectivity index (χ2v) is 3.44. The molecule has 7 heteroatoms. The number of hydrogen-bond acceptors (Lipinski definition) is 5. The number of aromatic nitrogens is 2. The Kier molecular flexibility index (Phi) is 3.52. The summed E-state index contributed by atoms with van der Waals surface area (Å²) in [4.78, 5) is 27.5. The first kappa shape index (κ1) is 10.6. The maximum absolute atomic E-state index is 11.2. The normalized spacial score (nSPS) is 9.79. The van der Waals surface area contributed by atoms with Crippen molar-refractivity contribution in [1.82, 2.24) is 9.97 Å². The summed E-state index contributed by atoms with van der Waals surface area (Å²) in [5.41, 5.74) is -0.599. The van der Waals surface area contributed by atoms with E-state index in [2.05, 4.69) is 14.7 Å². The molecule has 0 fully saturated rings. The number of aromatic amines is 1. The molecule has 2 N–H and O–H groups in total. The molecule has 76 valence electrons. The third kappa shape index (κ3) is 2.77. The summed E-state index contributed by atoms with van der Waals surface area (Å²) in [6.45, 7) is 1.91. The molecular formula is C7H8N2O4S. The average molecular weight is 216 g/mol. The highest BCUT2D eigenvalue weighted by atomic mass is 32.2. The lowest BCUT2D eigenvalue weighted by atomic mass is 10.6. The fourth-order valence-electron chi connectivity index (χ4n) is 0.744. The van der Waals surface area contributed by atoms with Crippen molar-refractivity contribution >= 4 is 17.9 Å². The second kappa shape index (κ2) is 4.66. The molecule has 0 aromatic carbocycles. The van der Waals surface area contributed by atoms with Gasteiger partial charge in [-0.1, -0.05) is 18.7 Å². The minimum absolute atomic E-state index is 0.321. The number of nitrogens with one attached hydrogen (secondary N) is 1. The third-order valence-corrected chi connectivity index (χ3v) is 1.99. The highest BCUT2D eigenvalue weighted by molar-refractivity contribution is 7.99. The average Bonchev–Trinajstić information content (AvgIpc) is 2.10. The van der Waals surface area contributed by atoms with Crippen molar-refractivity contribution in [1.29, 1.82) is 0 Å². The third-order valence-electron chi connectivity index (χ3n) is 1.22. The molecule has 0 radical (unpaired) electrons. The van der Waals surface area contributed by atoms with Gasteiger partial charge in [-0.3, -0.25) is 9.78 Å². The zero-order valence-corrected chi connectivity index (χ0v) is 8.13. The Hall–Kier alpha value is -1.50. The number of hydrogen-bond donors (Lipinski definition) is 2. The van der Waals surface area contributed by atoms with Crippen LogP contribution in [0.4, 0.5) is 4.79 Å². The first-order valence-electron chi connectivity index (χ1n) is 3.76. The van der Waals surface area contributed by atoms with E-state index in [4.69, 9.17) is 5.11 Å². The molecule has 0 unspecified atom stereocenters. The molecule has 1 heterocycles. The zero-order chi connectivity index (χ0) is 10.6. The summed E-state index contributed by atoms with van der Waals surface area (Å²) in [7, 11) is 0. The van der Waals surface area contributed by atoms with Crippen LogP contribution in [0, 0.1) is 0 Å². The minimum atomic E-state index is -1.53. The highest BCUT2D eigenvalue weighted by Crippen LogP contribution is 2.10. The van der Waals surface area contributed by atoms with Crippen LogP contribution in [0.25, 0.3) is 0 Å². The van der Waals surface area contributed by atoms with Crippen LogP contribution in [0.3, 0.4) is 0 Å². The van der Waals surface area contributed by atoms with E-state index in [9.17, 15) is 9.59 Å². The van der Waals surface area contributed by atoms with E-state index < -0.39 is 11.7 Å². The van der Waals surface area contributed by atoms with Crippen molar-refractivity contribution in [2.24, 2.45) is 0 Å². The van der Waals surface area contributed by atoms with Crippen LogP contribution in [-0.2, 0) is 0 Å². The van der Waals surface area contributed by atoms with Crippen molar-refractivity contribution in [2.75, 3.05) is 5.75 Å². The van der Waals surface area contributed by atoms with Crippen molar-refractivity contribution in [3.63, 3.8) is 0 Å². The van der Waals surface area contributed by atoms with Crippen molar-refractivity contribution in [2.45, 2.75) is 12.1 Å². The topological polar surface area (TPSA) is 92.3 Å². The Morgan fingerprint density at radius 2 is 2.50 bits per heavy atom. The van der Waals surface area contributed by atoms with E-state index in [1.165, 1.54) is 11.8 Å². The Balaban J connectivity index is 2.90. The molecule has 1 aromatic heterocycles. The van der Waals surface area contributed by atoms with Crippen molar-refractivity contribution < 1.29 is 14.6 Å². The Bertz CT molecular complexity index is 390. The lowest BCUT2D eigenvalue weighted by Gasteiger charge is -1.99. The Morgan fingerprint density at radius 1 is 1.79 bits per heavy atom. The number of carboxylic acid groups (broad SMARTS) is 1. The van der Waals surface area contributed by atoms with E-state index in [0.717, 1.165) is 11.9 Å². The van der Waals surface area contributed by atoms with Gasteiger partial charge in [0.1, 0.15) is 0 Å². The summed E-state index contributed by atoms with van der Waals surface area (Å²) in [6.07, 6.45) is -0.446. The fourth-order valence-corrected chi connectivity index (χ4v) is 1.31. The van der Waals surface area contributed by atoms with Gasteiger partial charge in [-0.2, -0.15) is 0 Å². The molecule has 0 atom stereocenters. The standard InChI is InChI=1S/C7H8N2O4S/c1-2-14-6-8-3-4(5(10)9-6)13-7(11)12/h3H,2H2,1H3,(H,11,12)(H,8,9,10). The maximum atomic E-state index is 11.2. The summed E-state index contributed by atoms with van der Waals surface area (Å²) >= 11 is 1.35. The number of H-pyrrole nitrogens is 1. The molecule has 0 aliphatic carbocycles. The predicted molar refractivity (Wildman–Crippen MR) is 49.9 cm³/mol. The van der Waals surface area contributed by atoms with Crippen molar-refractivity contribution in [3.05, 3.63) is 16.6 Å².